The minimum atomic E-state index is -3.60. The Morgan fingerprint density at radius 3 is 2.50 bits per heavy atom. The van der Waals surface area contributed by atoms with E-state index in [1.165, 1.54) is 19.2 Å². The van der Waals surface area contributed by atoms with Crippen LogP contribution in [0.3, 0.4) is 0 Å². The minimum absolute atomic E-state index is 0.0520. The molecule has 0 aromatic heterocycles. The first-order chi connectivity index (χ1) is 11.2. The topological polar surface area (TPSA) is 75.3 Å². The molecule has 2 aromatic rings. The molecule has 0 spiro atoms. The number of benzene rings is 2. The van der Waals surface area contributed by atoms with Crippen molar-refractivity contribution in [1.82, 2.24) is 10.0 Å². The van der Waals surface area contributed by atoms with Gasteiger partial charge in [-0.1, -0.05) is 29.8 Å². The smallest absolute Gasteiger partial charge is 0.252 e. The zero-order valence-electron chi connectivity index (χ0n) is 13.6. The van der Waals surface area contributed by atoms with Crippen molar-refractivity contribution in [3.63, 3.8) is 0 Å². The number of hydrogen-bond donors (Lipinski definition) is 2. The van der Waals surface area contributed by atoms with Crippen molar-refractivity contribution in [2.75, 3.05) is 7.05 Å². The number of rotatable bonds is 5. The Labute approximate surface area is 147 Å². The molecule has 0 heterocycles. The minimum Gasteiger partial charge on any atom is -0.346 e. The fraction of sp³-hybridized carbons (Fsp3) is 0.235. The first-order valence-electron chi connectivity index (χ1n) is 7.35. The third-order valence-electron chi connectivity index (χ3n) is 3.73. The van der Waals surface area contributed by atoms with Gasteiger partial charge in [-0.2, -0.15) is 0 Å². The molecule has 1 unspecified atom stereocenters. The monoisotopic (exact) mass is 366 g/mol. The Balaban J connectivity index is 2.28. The van der Waals surface area contributed by atoms with Crippen LogP contribution in [0, 0.1) is 6.92 Å². The van der Waals surface area contributed by atoms with Gasteiger partial charge in [0, 0.05) is 10.6 Å². The van der Waals surface area contributed by atoms with Crippen LogP contribution >= 0.6 is 11.6 Å². The van der Waals surface area contributed by atoms with Crippen LogP contribution in [-0.4, -0.2) is 21.4 Å². The highest BCUT2D eigenvalue weighted by Crippen LogP contribution is 2.20. The zero-order valence-corrected chi connectivity index (χ0v) is 15.2. The quantitative estimate of drug-likeness (QED) is 0.854. The second kappa shape index (κ2) is 7.34. The summed E-state index contributed by atoms with van der Waals surface area (Å²) in [6, 6.07) is 11.4. The molecule has 5 nitrogen and oxygen atoms in total. The van der Waals surface area contributed by atoms with E-state index in [1.54, 1.807) is 25.1 Å². The number of sulfonamides is 1. The van der Waals surface area contributed by atoms with Crippen molar-refractivity contribution in [3.8, 4) is 0 Å². The fourth-order valence-corrected chi connectivity index (χ4v) is 3.22. The molecule has 0 aliphatic heterocycles. The van der Waals surface area contributed by atoms with Crippen LogP contribution in [-0.2, 0) is 10.0 Å². The molecule has 24 heavy (non-hydrogen) atoms. The van der Waals surface area contributed by atoms with Gasteiger partial charge in [0.15, 0.2) is 0 Å². The van der Waals surface area contributed by atoms with Gasteiger partial charge in [0.1, 0.15) is 0 Å². The maximum Gasteiger partial charge on any atom is 0.252 e. The molecule has 0 bridgehead atoms. The summed E-state index contributed by atoms with van der Waals surface area (Å²) in [5.41, 5.74) is 1.88. The van der Waals surface area contributed by atoms with Crippen LogP contribution in [0.1, 0.15) is 34.5 Å². The van der Waals surface area contributed by atoms with E-state index in [-0.39, 0.29) is 16.8 Å². The van der Waals surface area contributed by atoms with Gasteiger partial charge in [-0.15, -0.1) is 0 Å². The van der Waals surface area contributed by atoms with E-state index in [2.05, 4.69) is 10.0 Å². The summed E-state index contributed by atoms with van der Waals surface area (Å²) in [6.45, 7) is 3.60. The van der Waals surface area contributed by atoms with Crippen molar-refractivity contribution in [2.24, 2.45) is 0 Å². The van der Waals surface area contributed by atoms with E-state index in [4.69, 9.17) is 11.6 Å². The molecule has 1 amide bonds. The van der Waals surface area contributed by atoms with Gasteiger partial charge >= 0.3 is 0 Å². The predicted molar refractivity (Wildman–Crippen MR) is 94.8 cm³/mol. The Hall–Kier alpha value is -1.89. The van der Waals surface area contributed by atoms with Crippen LogP contribution < -0.4 is 10.0 Å². The number of carbonyl (C=O) groups is 1. The number of aryl methyl sites for hydroxylation is 1. The zero-order chi connectivity index (χ0) is 17.9. The van der Waals surface area contributed by atoms with E-state index < -0.39 is 10.0 Å². The first kappa shape index (κ1) is 18.4. The molecule has 0 aliphatic rings. The lowest BCUT2D eigenvalue weighted by Gasteiger charge is -2.16. The largest absolute Gasteiger partial charge is 0.346 e. The molecule has 2 aromatic carbocycles. The lowest BCUT2D eigenvalue weighted by molar-refractivity contribution is 0.0939. The Morgan fingerprint density at radius 1 is 1.17 bits per heavy atom. The van der Waals surface area contributed by atoms with E-state index in [1.807, 2.05) is 19.1 Å². The Morgan fingerprint density at radius 2 is 1.88 bits per heavy atom. The van der Waals surface area contributed by atoms with Crippen molar-refractivity contribution < 1.29 is 13.2 Å². The summed E-state index contributed by atoms with van der Waals surface area (Å²) < 4.78 is 26.1. The molecule has 0 saturated heterocycles. The highest BCUT2D eigenvalue weighted by molar-refractivity contribution is 7.89. The van der Waals surface area contributed by atoms with Crippen LogP contribution in [0.4, 0.5) is 0 Å². The molecular weight excluding hydrogens is 348 g/mol. The molecule has 0 fully saturated rings. The Bertz CT molecular complexity index is 866. The summed E-state index contributed by atoms with van der Waals surface area (Å²) in [4.78, 5) is 12.6. The molecule has 0 aliphatic carbocycles. The number of amides is 1. The normalized spacial score (nSPS) is 12.7. The van der Waals surface area contributed by atoms with E-state index >= 15 is 0 Å². The average Bonchev–Trinajstić information content (AvgIpc) is 2.54. The van der Waals surface area contributed by atoms with Gasteiger partial charge < -0.3 is 5.32 Å². The molecule has 128 valence electrons. The molecular formula is C17H19ClN2O3S. The van der Waals surface area contributed by atoms with Crippen molar-refractivity contribution in [1.29, 1.82) is 0 Å². The maximum atomic E-state index is 12.5. The van der Waals surface area contributed by atoms with E-state index in [0.717, 1.165) is 5.56 Å². The van der Waals surface area contributed by atoms with Crippen LogP contribution in [0.25, 0.3) is 0 Å². The number of halogens is 1. The molecule has 2 N–H and O–H groups in total. The third-order valence-corrected chi connectivity index (χ3v) is 5.38. The second-order valence-corrected chi connectivity index (χ2v) is 7.76. The van der Waals surface area contributed by atoms with Gasteiger partial charge in [-0.25, -0.2) is 13.1 Å². The van der Waals surface area contributed by atoms with Crippen molar-refractivity contribution in [2.45, 2.75) is 24.8 Å². The standard InChI is InChI=1S/C17H19ClN2O3S/c1-11-7-8-15(24(22,23)19-3)10-16(11)17(21)20-12(2)13-5-4-6-14(18)9-13/h4-10,12,19H,1-3H3,(H,20,21). The number of nitrogens with one attached hydrogen (secondary N) is 2. The maximum absolute atomic E-state index is 12.5. The van der Waals surface area contributed by atoms with Gasteiger partial charge in [-0.05, 0) is 56.3 Å². The van der Waals surface area contributed by atoms with Gasteiger partial charge in [0.05, 0.1) is 10.9 Å². The van der Waals surface area contributed by atoms with E-state index in [9.17, 15) is 13.2 Å². The van der Waals surface area contributed by atoms with E-state index in [0.29, 0.717) is 16.1 Å². The van der Waals surface area contributed by atoms with Gasteiger partial charge in [0.2, 0.25) is 10.0 Å². The summed E-state index contributed by atoms with van der Waals surface area (Å²) in [6.07, 6.45) is 0. The van der Waals surface area contributed by atoms with Gasteiger partial charge in [-0.3, -0.25) is 4.79 Å². The van der Waals surface area contributed by atoms with Crippen molar-refractivity contribution in [3.05, 3.63) is 64.2 Å². The van der Waals surface area contributed by atoms with Gasteiger partial charge in [0.25, 0.3) is 5.91 Å². The fourth-order valence-electron chi connectivity index (χ4n) is 2.26. The second-order valence-electron chi connectivity index (χ2n) is 5.43. The highest BCUT2D eigenvalue weighted by atomic mass is 35.5. The van der Waals surface area contributed by atoms with Crippen LogP contribution in [0.5, 0.6) is 0 Å². The number of carbonyl (C=O) groups excluding carboxylic acids is 1. The third kappa shape index (κ3) is 4.14. The summed E-state index contributed by atoms with van der Waals surface area (Å²) in [5.74, 6) is -0.340. The first-order valence-corrected chi connectivity index (χ1v) is 9.21. The lowest BCUT2D eigenvalue weighted by Crippen LogP contribution is -2.28. The molecule has 0 radical (unpaired) electrons. The Kier molecular flexibility index (Phi) is 5.64. The van der Waals surface area contributed by atoms with Crippen LogP contribution in [0.15, 0.2) is 47.4 Å². The average molecular weight is 367 g/mol. The molecule has 2 rings (SSSR count). The highest BCUT2D eigenvalue weighted by Gasteiger charge is 2.18. The molecule has 1 atom stereocenters. The lowest BCUT2D eigenvalue weighted by atomic mass is 10.1. The summed E-state index contributed by atoms with van der Waals surface area (Å²) in [5, 5.41) is 3.45. The summed E-state index contributed by atoms with van der Waals surface area (Å²) in [7, 11) is -2.28. The number of hydrogen-bond acceptors (Lipinski definition) is 3. The van der Waals surface area contributed by atoms with Crippen molar-refractivity contribution >= 4 is 27.5 Å². The predicted octanol–water partition coefficient (Wildman–Crippen LogP) is 3.05. The molecule has 7 heteroatoms. The SMILES string of the molecule is CNS(=O)(=O)c1ccc(C)c(C(=O)NC(C)c2cccc(Cl)c2)c1. The summed E-state index contributed by atoms with van der Waals surface area (Å²) >= 11 is 5.97. The molecule has 0 saturated carbocycles. The van der Waals surface area contributed by atoms with Crippen LogP contribution in [0.2, 0.25) is 5.02 Å².